The second-order valence-electron chi connectivity index (χ2n) is 4.98. The molecule has 2 nitrogen and oxygen atoms in total. The highest BCUT2D eigenvalue weighted by Crippen LogP contribution is 2.69. The molecule has 2 aliphatic rings. The van der Waals surface area contributed by atoms with Gasteiger partial charge in [0, 0.05) is 18.8 Å². The molecule has 0 heterocycles. The van der Waals surface area contributed by atoms with E-state index in [0.29, 0.717) is 11.8 Å². The summed E-state index contributed by atoms with van der Waals surface area (Å²) in [5, 5.41) is 0. The minimum absolute atomic E-state index is 0.0949. The summed E-state index contributed by atoms with van der Waals surface area (Å²) in [6, 6.07) is 0. The molecule has 0 aliphatic heterocycles. The molecule has 0 radical (unpaired) electrons. The Morgan fingerprint density at radius 1 is 1.64 bits per heavy atom. The van der Waals surface area contributed by atoms with Gasteiger partial charge in [-0.1, -0.05) is 26.0 Å². The maximum atomic E-state index is 11.0. The van der Waals surface area contributed by atoms with Gasteiger partial charge in [0.15, 0.2) is 0 Å². The smallest absolute Gasteiger partial charge is 0.302 e. The van der Waals surface area contributed by atoms with Crippen molar-refractivity contribution in [1.82, 2.24) is 0 Å². The number of rotatable bonds is 2. The second kappa shape index (κ2) is 2.85. The van der Waals surface area contributed by atoms with Gasteiger partial charge >= 0.3 is 5.97 Å². The van der Waals surface area contributed by atoms with E-state index >= 15 is 0 Å². The monoisotopic (exact) mass is 194 g/mol. The van der Waals surface area contributed by atoms with Crippen molar-refractivity contribution in [3.05, 3.63) is 12.2 Å². The topological polar surface area (TPSA) is 26.3 Å². The molecule has 0 bridgehead atoms. The van der Waals surface area contributed by atoms with Crippen LogP contribution in [0.25, 0.3) is 0 Å². The largest absolute Gasteiger partial charge is 0.462 e. The fourth-order valence-electron chi connectivity index (χ4n) is 3.11. The van der Waals surface area contributed by atoms with Crippen LogP contribution in [-0.2, 0) is 9.53 Å². The van der Waals surface area contributed by atoms with Crippen molar-refractivity contribution in [1.29, 1.82) is 0 Å². The minimum atomic E-state index is -0.157. The van der Waals surface area contributed by atoms with Crippen molar-refractivity contribution in [3.63, 3.8) is 0 Å². The summed E-state index contributed by atoms with van der Waals surface area (Å²) in [6.07, 6.45) is 2.14. The lowest BCUT2D eigenvalue weighted by Crippen LogP contribution is -2.29. The van der Waals surface area contributed by atoms with Gasteiger partial charge < -0.3 is 4.74 Å². The SMILES string of the molecule is C=C1C[C@@H](OC(C)=O)[C@@]2(C(C)C)C[C@@H]12. The Balaban J connectivity index is 2.17. The Hall–Kier alpha value is -0.790. The molecule has 78 valence electrons. The molecule has 0 spiro atoms. The average Bonchev–Trinajstić information content (AvgIpc) is 2.71. The van der Waals surface area contributed by atoms with Crippen molar-refractivity contribution in [2.45, 2.75) is 39.7 Å². The van der Waals surface area contributed by atoms with E-state index in [9.17, 15) is 4.79 Å². The standard InChI is InChI=1S/C12H18O2/c1-7(2)12-6-10(12)8(3)5-11(12)14-9(4)13/h7,10-11H,3,5-6H2,1-2,4H3/t10-,11+,12+/m0/s1. The van der Waals surface area contributed by atoms with E-state index in [-0.39, 0.29) is 17.5 Å². The van der Waals surface area contributed by atoms with E-state index in [2.05, 4.69) is 20.4 Å². The fraction of sp³-hybridized carbons (Fsp3) is 0.750. The molecule has 2 aliphatic carbocycles. The van der Waals surface area contributed by atoms with Crippen LogP contribution >= 0.6 is 0 Å². The normalized spacial score (nSPS) is 39.9. The maximum Gasteiger partial charge on any atom is 0.302 e. The first-order chi connectivity index (χ1) is 6.48. The third-order valence-corrected chi connectivity index (χ3v) is 3.97. The Morgan fingerprint density at radius 2 is 2.29 bits per heavy atom. The zero-order chi connectivity index (χ0) is 10.5. The summed E-state index contributed by atoms with van der Waals surface area (Å²) < 4.78 is 5.40. The van der Waals surface area contributed by atoms with E-state index in [0.717, 1.165) is 6.42 Å². The van der Waals surface area contributed by atoms with Gasteiger partial charge in [-0.05, 0) is 18.3 Å². The van der Waals surface area contributed by atoms with Gasteiger partial charge in [0.05, 0.1) is 0 Å². The van der Waals surface area contributed by atoms with Gasteiger partial charge in [-0.3, -0.25) is 4.79 Å². The van der Waals surface area contributed by atoms with Crippen LogP contribution in [0.3, 0.4) is 0 Å². The van der Waals surface area contributed by atoms with Gasteiger partial charge in [0.2, 0.25) is 0 Å². The summed E-state index contributed by atoms with van der Waals surface area (Å²) in [4.78, 5) is 11.0. The van der Waals surface area contributed by atoms with Crippen molar-refractivity contribution < 1.29 is 9.53 Å². The molecule has 2 fully saturated rings. The number of fused-ring (bicyclic) bond motifs is 1. The molecule has 0 N–H and O–H groups in total. The molecule has 0 saturated heterocycles. The molecule has 2 rings (SSSR count). The van der Waals surface area contributed by atoms with E-state index in [1.54, 1.807) is 0 Å². The summed E-state index contributed by atoms with van der Waals surface area (Å²) in [5.74, 6) is 1.04. The van der Waals surface area contributed by atoms with Crippen LogP contribution in [0.2, 0.25) is 0 Å². The molecule has 0 aromatic heterocycles. The third kappa shape index (κ3) is 1.13. The lowest BCUT2D eigenvalue weighted by atomic mass is 9.87. The number of esters is 1. The van der Waals surface area contributed by atoms with E-state index in [1.165, 1.54) is 18.9 Å². The van der Waals surface area contributed by atoms with Gasteiger partial charge in [-0.25, -0.2) is 0 Å². The first-order valence-electron chi connectivity index (χ1n) is 5.33. The van der Waals surface area contributed by atoms with Crippen LogP contribution in [0.4, 0.5) is 0 Å². The van der Waals surface area contributed by atoms with Crippen LogP contribution < -0.4 is 0 Å². The number of carbonyl (C=O) groups excluding carboxylic acids is 1. The van der Waals surface area contributed by atoms with E-state index in [4.69, 9.17) is 4.74 Å². The first-order valence-corrected chi connectivity index (χ1v) is 5.33. The molecule has 0 unspecified atom stereocenters. The van der Waals surface area contributed by atoms with E-state index < -0.39 is 0 Å². The van der Waals surface area contributed by atoms with Crippen molar-refractivity contribution in [2.24, 2.45) is 17.3 Å². The van der Waals surface area contributed by atoms with Gasteiger partial charge in [0.1, 0.15) is 6.10 Å². The quantitative estimate of drug-likeness (QED) is 0.499. The number of ether oxygens (including phenoxy) is 1. The number of hydrogen-bond acceptors (Lipinski definition) is 2. The predicted octanol–water partition coefficient (Wildman–Crippen LogP) is 2.54. The molecule has 3 atom stereocenters. The zero-order valence-electron chi connectivity index (χ0n) is 9.17. The van der Waals surface area contributed by atoms with Crippen LogP contribution in [0, 0.1) is 17.3 Å². The van der Waals surface area contributed by atoms with Gasteiger partial charge in [-0.2, -0.15) is 0 Å². The molecular weight excluding hydrogens is 176 g/mol. The molecule has 0 aromatic rings. The third-order valence-electron chi connectivity index (χ3n) is 3.97. The Morgan fingerprint density at radius 3 is 2.71 bits per heavy atom. The summed E-state index contributed by atoms with van der Waals surface area (Å²) in [5.41, 5.74) is 1.52. The van der Waals surface area contributed by atoms with Crippen LogP contribution in [-0.4, -0.2) is 12.1 Å². The molecule has 0 aromatic carbocycles. The highest BCUT2D eigenvalue weighted by Gasteiger charge is 2.67. The Kier molecular flexibility index (Phi) is 1.98. The highest BCUT2D eigenvalue weighted by molar-refractivity contribution is 5.66. The van der Waals surface area contributed by atoms with Crippen molar-refractivity contribution >= 4 is 5.97 Å². The average molecular weight is 194 g/mol. The lowest BCUT2D eigenvalue weighted by molar-refractivity contribution is -0.150. The summed E-state index contributed by atoms with van der Waals surface area (Å²) in [6.45, 7) is 10.00. The number of hydrogen-bond donors (Lipinski definition) is 0. The highest BCUT2D eigenvalue weighted by atomic mass is 16.5. The van der Waals surface area contributed by atoms with Gasteiger partial charge in [0.25, 0.3) is 0 Å². The van der Waals surface area contributed by atoms with Crippen LogP contribution in [0.5, 0.6) is 0 Å². The summed E-state index contributed by atoms with van der Waals surface area (Å²) in [7, 11) is 0. The fourth-order valence-corrected chi connectivity index (χ4v) is 3.11. The molecule has 2 heteroatoms. The Labute approximate surface area is 85.3 Å². The molecule has 14 heavy (non-hydrogen) atoms. The Bertz CT molecular complexity index is 293. The second-order valence-corrected chi connectivity index (χ2v) is 4.98. The first kappa shape index (κ1) is 9.75. The predicted molar refractivity (Wildman–Crippen MR) is 54.7 cm³/mol. The van der Waals surface area contributed by atoms with Gasteiger partial charge in [-0.15, -0.1) is 0 Å². The van der Waals surface area contributed by atoms with Crippen LogP contribution in [0.15, 0.2) is 12.2 Å². The summed E-state index contributed by atoms with van der Waals surface area (Å²) >= 11 is 0. The molecule has 2 saturated carbocycles. The zero-order valence-corrected chi connectivity index (χ0v) is 9.17. The van der Waals surface area contributed by atoms with Crippen LogP contribution in [0.1, 0.15) is 33.6 Å². The van der Waals surface area contributed by atoms with Crippen molar-refractivity contribution in [2.75, 3.05) is 0 Å². The lowest BCUT2D eigenvalue weighted by Gasteiger charge is -2.26. The number of carbonyl (C=O) groups is 1. The van der Waals surface area contributed by atoms with E-state index in [1.807, 2.05) is 0 Å². The van der Waals surface area contributed by atoms with Crippen molar-refractivity contribution in [3.8, 4) is 0 Å². The minimum Gasteiger partial charge on any atom is -0.462 e. The maximum absolute atomic E-state index is 11.0. The molecule has 0 amide bonds. The molecular formula is C12H18O2.